The molecule has 1 aromatic rings. The van der Waals surface area contributed by atoms with Gasteiger partial charge in [0.15, 0.2) is 0 Å². The zero-order valence-electron chi connectivity index (χ0n) is 12.4. The Labute approximate surface area is 125 Å². The second-order valence-corrected chi connectivity index (χ2v) is 5.97. The van der Waals surface area contributed by atoms with Gasteiger partial charge in [0.25, 0.3) is 0 Å². The van der Waals surface area contributed by atoms with E-state index in [1.807, 2.05) is 17.0 Å². The second-order valence-electron chi connectivity index (χ2n) is 5.97. The normalized spacial score (nSPS) is 23.3. The first-order valence-corrected chi connectivity index (χ1v) is 7.96. The predicted octanol–water partition coefficient (Wildman–Crippen LogP) is 1.93. The summed E-state index contributed by atoms with van der Waals surface area (Å²) in [6.07, 6.45) is 6.84. The molecule has 0 aromatic carbocycles. The molecule has 5 nitrogen and oxygen atoms in total. The van der Waals surface area contributed by atoms with Crippen LogP contribution in [0.3, 0.4) is 0 Å². The van der Waals surface area contributed by atoms with Crippen molar-refractivity contribution in [3.05, 3.63) is 24.2 Å². The van der Waals surface area contributed by atoms with Gasteiger partial charge in [0.05, 0.1) is 26.0 Å². The molecule has 0 radical (unpaired) electrons. The van der Waals surface area contributed by atoms with Crippen molar-refractivity contribution < 1.29 is 13.9 Å². The molecule has 21 heavy (non-hydrogen) atoms. The van der Waals surface area contributed by atoms with Crippen molar-refractivity contribution in [2.75, 3.05) is 19.8 Å². The number of morpholine rings is 1. The predicted molar refractivity (Wildman–Crippen MR) is 78.7 cm³/mol. The summed E-state index contributed by atoms with van der Waals surface area (Å²) in [6.45, 7) is 2.79. The summed E-state index contributed by atoms with van der Waals surface area (Å²) < 4.78 is 10.9. The van der Waals surface area contributed by atoms with E-state index in [4.69, 9.17) is 9.15 Å². The quantitative estimate of drug-likeness (QED) is 0.901. The lowest BCUT2D eigenvalue weighted by Gasteiger charge is -2.31. The SMILES string of the molecule is O=C(CC1COCCN1)N(Cc1ccco1)C1CCCC1. The molecule has 2 fully saturated rings. The molecule has 1 N–H and O–H groups in total. The van der Waals surface area contributed by atoms with Gasteiger partial charge in [-0.2, -0.15) is 0 Å². The van der Waals surface area contributed by atoms with Crippen molar-refractivity contribution in [2.24, 2.45) is 0 Å². The zero-order chi connectivity index (χ0) is 14.5. The standard InChI is InChI=1S/C16H24N2O3/c19-16(10-13-12-20-9-7-17-13)18(14-4-1-2-5-14)11-15-6-3-8-21-15/h3,6,8,13-14,17H,1-2,4-5,7,9-12H2. The monoisotopic (exact) mass is 292 g/mol. The Morgan fingerprint density at radius 2 is 2.24 bits per heavy atom. The largest absolute Gasteiger partial charge is 0.467 e. The van der Waals surface area contributed by atoms with Crippen molar-refractivity contribution in [2.45, 2.75) is 50.7 Å². The lowest BCUT2D eigenvalue weighted by atomic mass is 10.1. The van der Waals surface area contributed by atoms with Gasteiger partial charge in [0, 0.05) is 25.0 Å². The highest BCUT2D eigenvalue weighted by atomic mass is 16.5. The summed E-state index contributed by atoms with van der Waals surface area (Å²) in [7, 11) is 0. The number of amides is 1. The molecule has 1 unspecified atom stereocenters. The first kappa shape index (κ1) is 14.6. The Kier molecular flexibility index (Phi) is 4.93. The average Bonchev–Trinajstić information content (AvgIpc) is 3.19. The van der Waals surface area contributed by atoms with E-state index in [0.29, 0.717) is 25.6 Å². The summed E-state index contributed by atoms with van der Waals surface area (Å²) in [5.74, 6) is 1.07. The molecular weight excluding hydrogens is 268 g/mol. The van der Waals surface area contributed by atoms with Crippen LogP contribution in [0.5, 0.6) is 0 Å². The third-order valence-corrected chi connectivity index (χ3v) is 4.41. The Bertz CT molecular complexity index is 434. The molecule has 1 aliphatic heterocycles. The maximum absolute atomic E-state index is 12.7. The molecule has 1 saturated heterocycles. The molecule has 1 saturated carbocycles. The lowest BCUT2D eigenvalue weighted by molar-refractivity contribution is -0.135. The van der Waals surface area contributed by atoms with Crippen LogP contribution in [0.1, 0.15) is 37.9 Å². The van der Waals surface area contributed by atoms with Crippen LogP contribution in [0, 0.1) is 0 Å². The molecule has 1 aliphatic carbocycles. The van der Waals surface area contributed by atoms with E-state index in [0.717, 1.165) is 31.8 Å². The van der Waals surface area contributed by atoms with Crippen LogP contribution < -0.4 is 5.32 Å². The van der Waals surface area contributed by atoms with Crippen molar-refractivity contribution in [3.63, 3.8) is 0 Å². The van der Waals surface area contributed by atoms with E-state index >= 15 is 0 Å². The van der Waals surface area contributed by atoms with E-state index < -0.39 is 0 Å². The third kappa shape index (κ3) is 3.86. The third-order valence-electron chi connectivity index (χ3n) is 4.41. The van der Waals surface area contributed by atoms with Crippen LogP contribution in [0.2, 0.25) is 0 Å². The number of carbonyl (C=O) groups excluding carboxylic acids is 1. The molecule has 0 spiro atoms. The minimum absolute atomic E-state index is 0.145. The van der Waals surface area contributed by atoms with Crippen LogP contribution in [-0.2, 0) is 16.1 Å². The van der Waals surface area contributed by atoms with Gasteiger partial charge in [-0.15, -0.1) is 0 Å². The number of nitrogens with one attached hydrogen (secondary N) is 1. The fourth-order valence-corrected chi connectivity index (χ4v) is 3.29. The fraction of sp³-hybridized carbons (Fsp3) is 0.688. The molecule has 2 aliphatic rings. The number of hydrogen-bond acceptors (Lipinski definition) is 4. The van der Waals surface area contributed by atoms with E-state index in [2.05, 4.69) is 5.32 Å². The zero-order valence-corrected chi connectivity index (χ0v) is 12.4. The summed E-state index contributed by atoms with van der Waals surface area (Å²) in [4.78, 5) is 14.7. The van der Waals surface area contributed by atoms with Gasteiger partial charge < -0.3 is 19.4 Å². The lowest BCUT2D eigenvalue weighted by Crippen LogP contribution is -2.46. The van der Waals surface area contributed by atoms with E-state index in [1.165, 1.54) is 12.8 Å². The summed E-state index contributed by atoms with van der Waals surface area (Å²) in [5.41, 5.74) is 0. The summed E-state index contributed by atoms with van der Waals surface area (Å²) in [6, 6.07) is 4.33. The molecule has 5 heteroatoms. The summed E-state index contributed by atoms with van der Waals surface area (Å²) >= 11 is 0. The number of furan rings is 1. The highest BCUT2D eigenvalue weighted by molar-refractivity contribution is 5.77. The molecule has 1 aromatic heterocycles. The van der Waals surface area contributed by atoms with Gasteiger partial charge in [-0.05, 0) is 25.0 Å². The topological polar surface area (TPSA) is 54.7 Å². The fourth-order valence-electron chi connectivity index (χ4n) is 3.29. The van der Waals surface area contributed by atoms with E-state index in [9.17, 15) is 4.79 Å². The van der Waals surface area contributed by atoms with Gasteiger partial charge in [0.1, 0.15) is 5.76 Å². The minimum Gasteiger partial charge on any atom is -0.467 e. The number of ether oxygens (including phenoxy) is 1. The number of hydrogen-bond donors (Lipinski definition) is 1. The van der Waals surface area contributed by atoms with E-state index in [-0.39, 0.29) is 11.9 Å². The van der Waals surface area contributed by atoms with Gasteiger partial charge in [-0.3, -0.25) is 4.79 Å². The second kappa shape index (κ2) is 7.09. The van der Waals surface area contributed by atoms with Crippen molar-refractivity contribution in [3.8, 4) is 0 Å². The minimum atomic E-state index is 0.145. The van der Waals surface area contributed by atoms with E-state index in [1.54, 1.807) is 6.26 Å². The van der Waals surface area contributed by atoms with Crippen LogP contribution in [0.15, 0.2) is 22.8 Å². The maximum atomic E-state index is 12.7. The Hall–Kier alpha value is -1.33. The van der Waals surface area contributed by atoms with Gasteiger partial charge in [-0.25, -0.2) is 0 Å². The Morgan fingerprint density at radius 1 is 1.38 bits per heavy atom. The summed E-state index contributed by atoms with van der Waals surface area (Å²) in [5, 5.41) is 3.36. The van der Waals surface area contributed by atoms with Crippen molar-refractivity contribution in [1.29, 1.82) is 0 Å². The maximum Gasteiger partial charge on any atom is 0.224 e. The molecule has 2 heterocycles. The van der Waals surface area contributed by atoms with Crippen molar-refractivity contribution in [1.82, 2.24) is 10.2 Å². The van der Waals surface area contributed by atoms with Crippen LogP contribution in [-0.4, -0.2) is 42.6 Å². The Balaban J connectivity index is 1.63. The number of rotatable bonds is 5. The molecule has 1 amide bonds. The number of carbonyl (C=O) groups is 1. The number of nitrogens with zero attached hydrogens (tertiary/aromatic N) is 1. The van der Waals surface area contributed by atoms with Crippen molar-refractivity contribution >= 4 is 5.91 Å². The van der Waals surface area contributed by atoms with Crippen LogP contribution >= 0.6 is 0 Å². The van der Waals surface area contributed by atoms with Gasteiger partial charge >= 0.3 is 0 Å². The smallest absolute Gasteiger partial charge is 0.224 e. The average molecular weight is 292 g/mol. The highest BCUT2D eigenvalue weighted by Crippen LogP contribution is 2.26. The first-order valence-electron chi connectivity index (χ1n) is 7.96. The van der Waals surface area contributed by atoms with Crippen LogP contribution in [0.4, 0.5) is 0 Å². The molecule has 1 atom stereocenters. The first-order chi connectivity index (χ1) is 10.3. The molecule has 0 bridgehead atoms. The highest BCUT2D eigenvalue weighted by Gasteiger charge is 2.29. The van der Waals surface area contributed by atoms with Gasteiger partial charge in [-0.1, -0.05) is 12.8 Å². The van der Waals surface area contributed by atoms with Crippen LogP contribution in [0.25, 0.3) is 0 Å². The van der Waals surface area contributed by atoms with Gasteiger partial charge in [0.2, 0.25) is 5.91 Å². The molecule has 116 valence electrons. The Morgan fingerprint density at radius 3 is 2.90 bits per heavy atom. The molecule has 3 rings (SSSR count). The molecular formula is C16H24N2O3.